The zero-order valence-corrected chi connectivity index (χ0v) is 10.9. The lowest BCUT2D eigenvalue weighted by Gasteiger charge is -2.17. The number of rotatable bonds is 3. The predicted octanol–water partition coefficient (Wildman–Crippen LogP) is 0.246. The molecule has 20 heavy (non-hydrogen) atoms. The van der Waals surface area contributed by atoms with E-state index in [-0.39, 0.29) is 17.9 Å². The topological polar surface area (TPSA) is 95.9 Å². The fourth-order valence-corrected chi connectivity index (χ4v) is 1.85. The third-order valence-corrected chi connectivity index (χ3v) is 2.93. The Balaban J connectivity index is 2.26. The molecule has 1 aliphatic rings. The average Bonchev–Trinajstić information content (AvgIpc) is 2.56. The Labute approximate surface area is 115 Å². The number of amides is 2. The van der Waals surface area contributed by atoms with Gasteiger partial charge in [-0.05, 0) is 18.2 Å². The van der Waals surface area contributed by atoms with E-state index in [4.69, 9.17) is 9.84 Å². The molecule has 106 valence electrons. The standard InChI is InChI=1S/C13H14N2O5/c1-15-9-6-8(13(19)14-7-12(17)18)2-3-10(9)20-5-4-11(15)16/h2-3,6H,4-5,7H2,1H3,(H,14,19)(H,17,18). The molecule has 0 atom stereocenters. The van der Waals surface area contributed by atoms with Gasteiger partial charge in [0.2, 0.25) is 5.91 Å². The molecule has 0 spiro atoms. The first-order valence-corrected chi connectivity index (χ1v) is 6.02. The lowest BCUT2D eigenvalue weighted by atomic mass is 10.1. The minimum absolute atomic E-state index is 0.105. The summed E-state index contributed by atoms with van der Waals surface area (Å²) in [7, 11) is 1.61. The van der Waals surface area contributed by atoms with Crippen LogP contribution in [0.15, 0.2) is 18.2 Å². The van der Waals surface area contributed by atoms with Crippen LogP contribution in [0, 0.1) is 0 Å². The molecule has 1 aromatic rings. The number of aliphatic carboxylic acids is 1. The molecule has 2 amide bonds. The number of carboxylic acid groups (broad SMARTS) is 1. The summed E-state index contributed by atoms with van der Waals surface area (Å²) in [5, 5.41) is 10.8. The smallest absolute Gasteiger partial charge is 0.322 e. The quantitative estimate of drug-likeness (QED) is 0.826. The van der Waals surface area contributed by atoms with E-state index >= 15 is 0 Å². The van der Waals surface area contributed by atoms with E-state index in [1.807, 2.05) is 0 Å². The van der Waals surface area contributed by atoms with Crippen molar-refractivity contribution in [2.45, 2.75) is 6.42 Å². The summed E-state index contributed by atoms with van der Waals surface area (Å²) in [4.78, 5) is 35.4. The number of carbonyl (C=O) groups is 3. The number of carbonyl (C=O) groups excluding carboxylic acids is 2. The van der Waals surface area contributed by atoms with Gasteiger partial charge < -0.3 is 20.1 Å². The maximum absolute atomic E-state index is 11.8. The number of nitrogens with zero attached hydrogens (tertiary/aromatic N) is 1. The first kappa shape index (κ1) is 13.9. The van der Waals surface area contributed by atoms with Crippen molar-refractivity contribution < 1.29 is 24.2 Å². The minimum Gasteiger partial charge on any atom is -0.491 e. The Bertz CT molecular complexity index is 570. The van der Waals surface area contributed by atoms with Crippen molar-refractivity contribution in [1.82, 2.24) is 5.32 Å². The lowest BCUT2D eigenvalue weighted by Crippen LogP contribution is -2.29. The molecule has 0 aromatic heterocycles. The molecule has 0 bridgehead atoms. The summed E-state index contributed by atoms with van der Waals surface area (Å²) in [6.45, 7) is -0.165. The van der Waals surface area contributed by atoms with E-state index in [0.717, 1.165) is 0 Å². The Kier molecular flexibility index (Phi) is 3.88. The highest BCUT2D eigenvalue weighted by Crippen LogP contribution is 2.31. The second-order valence-corrected chi connectivity index (χ2v) is 4.31. The van der Waals surface area contributed by atoms with E-state index in [2.05, 4.69) is 5.32 Å². The van der Waals surface area contributed by atoms with E-state index in [9.17, 15) is 14.4 Å². The molecule has 0 fully saturated rings. The molecule has 1 aliphatic heterocycles. The average molecular weight is 278 g/mol. The molecule has 7 nitrogen and oxygen atoms in total. The molecule has 0 unspecified atom stereocenters. The highest BCUT2D eigenvalue weighted by Gasteiger charge is 2.21. The monoisotopic (exact) mass is 278 g/mol. The van der Waals surface area contributed by atoms with Crippen molar-refractivity contribution in [3.8, 4) is 5.75 Å². The number of fused-ring (bicyclic) bond motifs is 1. The summed E-state index contributed by atoms with van der Waals surface area (Å²) in [6.07, 6.45) is 0.270. The van der Waals surface area contributed by atoms with E-state index in [1.54, 1.807) is 13.1 Å². The molecule has 0 aliphatic carbocycles. The Hall–Kier alpha value is -2.57. The highest BCUT2D eigenvalue weighted by atomic mass is 16.5. The van der Waals surface area contributed by atoms with E-state index in [0.29, 0.717) is 18.0 Å². The molecule has 0 radical (unpaired) electrons. The van der Waals surface area contributed by atoms with Crippen molar-refractivity contribution >= 4 is 23.5 Å². The Morgan fingerprint density at radius 2 is 2.20 bits per heavy atom. The van der Waals surface area contributed by atoms with Gasteiger partial charge in [0.15, 0.2) is 0 Å². The highest BCUT2D eigenvalue weighted by molar-refractivity contribution is 6.00. The fourth-order valence-electron chi connectivity index (χ4n) is 1.85. The molecule has 1 aromatic carbocycles. The molecule has 2 N–H and O–H groups in total. The normalized spacial score (nSPS) is 14.1. The SMILES string of the molecule is CN1C(=O)CCOc2ccc(C(=O)NCC(=O)O)cc21. The van der Waals surface area contributed by atoms with Crippen LogP contribution >= 0.6 is 0 Å². The number of hydrogen-bond acceptors (Lipinski definition) is 4. The second kappa shape index (κ2) is 5.60. The van der Waals surface area contributed by atoms with Crippen LogP contribution in [0.2, 0.25) is 0 Å². The molecule has 0 saturated carbocycles. The van der Waals surface area contributed by atoms with Crippen LogP contribution in [0.1, 0.15) is 16.8 Å². The maximum Gasteiger partial charge on any atom is 0.322 e. The van der Waals surface area contributed by atoms with E-state index in [1.165, 1.54) is 17.0 Å². The zero-order chi connectivity index (χ0) is 14.7. The van der Waals surface area contributed by atoms with Gasteiger partial charge in [0, 0.05) is 12.6 Å². The van der Waals surface area contributed by atoms with Crippen molar-refractivity contribution in [2.75, 3.05) is 25.1 Å². The number of ether oxygens (including phenoxy) is 1. The largest absolute Gasteiger partial charge is 0.491 e. The van der Waals surface area contributed by atoms with Gasteiger partial charge in [0.1, 0.15) is 12.3 Å². The number of nitrogens with one attached hydrogen (secondary N) is 1. The molecular weight excluding hydrogens is 264 g/mol. The van der Waals surface area contributed by atoms with Crippen molar-refractivity contribution in [3.05, 3.63) is 23.8 Å². The molecule has 2 rings (SSSR count). The van der Waals surface area contributed by atoms with Crippen LogP contribution in [-0.2, 0) is 9.59 Å². The van der Waals surface area contributed by atoms with Crippen LogP contribution in [0.3, 0.4) is 0 Å². The van der Waals surface area contributed by atoms with Crippen molar-refractivity contribution in [2.24, 2.45) is 0 Å². The van der Waals surface area contributed by atoms with Gasteiger partial charge in [-0.1, -0.05) is 0 Å². The van der Waals surface area contributed by atoms with Gasteiger partial charge in [-0.2, -0.15) is 0 Å². The van der Waals surface area contributed by atoms with Crippen LogP contribution in [0.25, 0.3) is 0 Å². The van der Waals surface area contributed by atoms with Crippen molar-refractivity contribution in [1.29, 1.82) is 0 Å². The third kappa shape index (κ3) is 2.87. The van der Waals surface area contributed by atoms with Crippen molar-refractivity contribution in [3.63, 3.8) is 0 Å². The summed E-state index contributed by atoms with van der Waals surface area (Å²) in [6, 6.07) is 4.63. The van der Waals surface area contributed by atoms with Crippen LogP contribution in [-0.4, -0.2) is 43.1 Å². The van der Waals surface area contributed by atoms with Gasteiger partial charge in [0.25, 0.3) is 5.91 Å². The summed E-state index contributed by atoms with van der Waals surface area (Å²) in [5.74, 6) is -1.22. The lowest BCUT2D eigenvalue weighted by molar-refractivity contribution is -0.135. The summed E-state index contributed by atoms with van der Waals surface area (Å²) >= 11 is 0. The van der Waals surface area contributed by atoms with Gasteiger partial charge in [-0.3, -0.25) is 14.4 Å². The maximum atomic E-state index is 11.8. The minimum atomic E-state index is -1.12. The molecule has 7 heteroatoms. The van der Waals surface area contributed by atoms with Crippen LogP contribution in [0.5, 0.6) is 5.75 Å². The van der Waals surface area contributed by atoms with Gasteiger partial charge in [0.05, 0.1) is 18.7 Å². The number of hydrogen-bond donors (Lipinski definition) is 2. The molecule has 1 heterocycles. The summed E-state index contributed by atoms with van der Waals surface area (Å²) < 4.78 is 5.43. The molecular formula is C13H14N2O5. The summed E-state index contributed by atoms with van der Waals surface area (Å²) in [5.41, 5.74) is 0.769. The van der Waals surface area contributed by atoms with Gasteiger partial charge in [-0.25, -0.2) is 0 Å². The fraction of sp³-hybridized carbons (Fsp3) is 0.308. The van der Waals surface area contributed by atoms with Crippen LogP contribution < -0.4 is 15.0 Å². The number of benzene rings is 1. The Morgan fingerprint density at radius 3 is 2.90 bits per heavy atom. The van der Waals surface area contributed by atoms with Gasteiger partial charge in [-0.15, -0.1) is 0 Å². The van der Waals surface area contributed by atoms with Crippen LogP contribution in [0.4, 0.5) is 5.69 Å². The zero-order valence-electron chi connectivity index (χ0n) is 10.9. The third-order valence-electron chi connectivity index (χ3n) is 2.93. The second-order valence-electron chi connectivity index (χ2n) is 4.31. The number of anilines is 1. The predicted molar refractivity (Wildman–Crippen MR) is 69.9 cm³/mol. The van der Waals surface area contributed by atoms with E-state index < -0.39 is 18.4 Å². The Morgan fingerprint density at radius 1 is 1.45 bits per heavy atom. The van der Waals surface area contributed by atoms with Gasteiger partial charge >= 0.3 is 5.97 Å². The first-order valence-electron chi connectivity index (χ1n) is 6.02. The molecule has 0 saturated heterocycles. The number of carboxylic acids is 1. The first-order chi connectivity index (χ1) is 9.49.